The topological polar surface area (TPSA) is 85.4 Å². The van der Waals surface area contributed by atoms with Gasteiger partial charge in [0.1, 0.15) is 5.75 Å². The van der Waals surface area contributed by atoms with Gasteiger partial charge in [-0.1, -0.05) is 18.2 Å². The number of carbonyl (C=O) groups is 1. The van der Waals surface area contributed by atoms with Gasteiger partial charge in [-0.15, -0.1) is 0 Å². The van der Waals surface area contributed by atoms with Crippen LogP contribution in [0.1, 0.15) is 12.8 Å². The monoisotopic (exact) mass is 354 g/mol. The highest BCUT2D eigenvalue weighted by atomic mass is 35.7. The van der Waals surface area contributed by atoms with Crippen LogP contribution in [-0.4, -0.2) is 25.9 Å². The van der Waals surface area contributed by atoms with E-state index in [0.717, 1.165) is 5.75 Å². The van der Waals surface area contributed by atoms with Crippen LogP contribution in [0.15, 0.2) is 53.7 Å². The van der Waals surface area contributed by atoms with Crippen LogP contribution >= 0.6 is 10.7 Å². The smallest absolute Gasteiger partial charge is 0.278 e. The highest BCUT2D eigenvalue weighted by Gasteiger charge is 2.11. The van der Waals surface area contributed by atoms with Crippen LogP contribution in [0.5, 0.6) is 5.75 Å². The molecule has 0 saturated heterocycles. The number of aromatic nitrogens is 1. The van der Waals surface area contributed by atoms with E-state index in [0.29, 0.717) is 18.7 Å². The highest BCUT2D eigenvalue weighted by Crippen LogP contribution is 2.14. The van der Waals surface area contributed by atoms with Gasteiger partial charge in [0.25, 0.3) is 9.05 Å². The van der Waals surface area contributed by atoms with Crippen molar-refractivity contribution >= 4 is 31.3 Å². The second-order valence-electron chi connectivity index (χ2n) is 4.64. The third-order valence-corrected chi connectivity index (χ3v) is 4.05. The van der Waals surface area contributed by atoms with Crippen LogP contribution in [-0.2, 0) is 13.8 Å². The predicted octanol–water partition coefficient (Wildman–Crippen LogP) is 2.81. The van der Waals surface area contributed by atoms with E-state index < -0.39 is 9.05 Å². The minimum atomic E-state index is -3.86. The number of hydrogen-bond donors (Lipinski definition) is 1. The first kappa shape index (κ1) is 17.2. The van der Waals surface area contributed by atoms with Gasteiger partial charge in [0.2, 0.25) is 5.91 Å². The molecule has 2 rings (SSSR count). The van der Waals surface area contributed by atoms with Gasteiger partial charge >= 0.3 is 0 Å². The second-order valence-corrected chi connectivity index (χ2v) is 7.15. The minimum Gasteiger partial charge on any atom is -0.494 e. The molecule has 6 nitrogen and oxygen atoms in total. The third-order valence-electron chi connectivity index (χ3n) is 2.83. The molecular weight excluding hydrogens is 340 g/mol. The molecule has 0 atom stereocenters. The number of anilines is 1. The first-order valence-corrected chi connectivity index (χ1v) is 9.14. The van der Waals surface area contributed by atoms with Crippen molar-refractivity contribution in [3.63, 3.8) is 0 Å². The summed E-state index contributed by atoms with van der Waals surface area (Å²) in [5.74, 6) is 0.555. The molecular formula is C15H15ClN2O4S. The lowest BCUT2D eigenvalue weighted by atomic mass is 10.3. The van der Waals surface area contributed by atoms with Crippen molar-refractivity contribution in [2.24, 2.45) is 0 Å². The van der Waals surface area contributed by atoms with E-state index in [4.69, 9.17) is 15.4 Å². The number of pyridine rings is 1. The second kappa shape index (κ2) is 7.94. The van der Waals surface area contributed by atoms with E-state index in [9.17, 15) is 13.2 Å². The Morgan fingerprint density at radius 1 is 1.17 bits per heavy atom. The molecule has 1 heterocycles. The fraction of sp³-hybridized carbons (Fsp3) is 0.200. The molecule has 1 aromatic carbocycles. The molecule has 1 aromatic heterocycles. The fourth-order valence-electron chi connectivity index (χ4n) is 1.76. The van der Waals surface area contributed by atoms with Crippen molar-refractivity contribution < 1.29 is 17.9 Å². The largest absolute Gasteiger partial charge is 0.494 e. The first-order chi connectivity index (χ1) is 10.9. The fourth-order valence-corrected chi connectivity index (χ4v) is 2.44. The quantitative estimate of drug-likeness (QED) is 0.610. The van der Waals surface area contributed by atoms with Gasteiger partial charge in [-0.05, 0) is 30.7 Å². The normalized spacial score (nSPS) is 11.0. The van der Waals surface area contributed by atoms with Crippen molar-refractivity contribution in [3.05, 3.63) is 48.7 Å². The molecule has 0 fully saturated rings. The van der Waals surface area contributed by atoms with Crippen molar-refractivity contribution in [1.29, 1.82) is 0 Å². The molecule has 1 N–H and O–H groups in total. The van der Waals surface area contributed by atoms with Gasteiger partial charge < -0.3 is 10.1 Å². The number of hydrogen-bond acceptors (Lipinski definition) is 5. The number of amides is 1. The van der Waals surface area contributed by atoms with E-state index in [-0.39, 0.29) is 17.4 Å². The molecule has 8 heteroatoms. The van der Waals surface area contributed by atoms with E-state index in [2.05, 4.69) is 10.3 Å². The number of nitrogens with one attached hydrogen (secondary N) is 1. The Balaban J connectivity index is 1.74. The van der Waals surface area contributed by atoms with Gasteiger partial charge in [0.05, 0.1) is 18.5 Å². The van der Waals surface area contributed by atoms with Crippen molar-refractivity contribution in [2.75, 3.05) is 11.9 Å². The molecule has 23 heavy (non-hydrogen) atoms. The maximum absolute atomic E-state index is 11.8. The van der Waals surface area contributed by atoms with Crippen molar-refractivity contribution in [1.82, 2.24) is 4.98 Å². The van der Waals surface area contributed by atoms with E-state index in [1.165, 1.54) is 18.3 Å². The molecule has 122 valence electrons. The lowest BCUT2D eigenvalue weighted by Gasteiger charge is -2.07. The maximum Gasteiger partial charge on any atom is 0.278 e. The molecule has 2 aromatic rings. The van der Waals surface area contributed by atoms with Gasteiger partial charge in [-0.3, -0.25) is 4.79 Å². The molecule has 0 radical (unpaired) electrons. The summed E-state index contributed by atoms with van der Waals surface area (Å²) in [6.07, 6.45) is 2.08. The molecule has 0 spiro atoms. The molecule has 0 aliphatic carbocycles. The van der Waals surface area contributed by atoms with Gasteiger partial charge in [0.15, 0.2) is 5.03 Å². The first-order valence-electron chi connectivity index (χ1n) is 6.83. The summed E-state index contributed by atoms with van der Waals surface area (Å²) >= 11 is 0. The number of para-hydroxylation sites is 1. The number of benzene rings is 1. The van der Waals surface area contributed by atoms with Crippen LogP contribution in [0.4, 0.5) is 5.69 Å². The summed E-state index contributed by atoms with van der Waals surface area (Å²) in [7, 11) is 1.30. The van der Waals surface area contributed by atoms with E-state index in [1.54, 1.807) is 0 Å². The van der Waals surface area contributed by atoms with Crippen molar-refractivity contribution in [2.45, 2.75) is 17.9 Å². The Bertz CT molecular complexity index is 749. The Morgan fingerprint density at radius 3 is 2.52 bits per heavy atom. The number of nitrogens with zero attached hydrogens (tertiary/aromatic N) is 1. The van der Waals surface area contributed by atoms with Gasteiger partial charge in [0, 0.05) is 17.1 Å². The van der Waals surface area contributed by atoms with Gasteiger partial charge in [-0.25, -0.2) is 13.4 Å². The summed E-state index contributed by atoms with van der Waals surface area (Å²) in [6, 6.07) is 12.0. The zero-order valence-electron chi connectivity index (χ0n) is 12.1. The number of carbonyl (C=O) groups excluding carboxylic acids is 1. The average Bonchev–Trinajstić information content (AvgIpc) is 2.52. The molecule has 0 aliphatic heterocycles. The summed E-state index contributed by atoms with van der Waals surface area (Å²) in [5.41, 5.74) is 0.406. The lowest BCUT2D eigenvalue weighted by molar-refractivity contribution is -0.116. The lowest BCUT2D eigenvalue weighted by Crippen LogP contribution is -2.13. The zero-order valence-corrected chi connectivity index (χ0v) is 13.7. The number of rotatable bonds is 7. The maximum atomic E-state index is 11.8. The standard InChI is InChI=1S/C15H15ClN2O4S/c16-23(20,21)15-9-8-12(11-17-15)18-14(19)7-4-10-22-13-5-2-1-3-6-13/h1-3,5-6,8-9,11H,4,7,10H2,(H,18,19). The summed E-state index contributed by atoms with van der Waals surface area (Å²) < 4.78 is 27.6. The Labute approximate surface area is 138 Å². The molecule has 0 aliphatic rings. The predicted molar refractivity (Wildman–Crippen MR) is 87.1 cm³/mol. The van der Waals surface area contributed by atoms with Crippen molar-refractivity contribution in [3.8, 4) is 5.75 Å². The van der Waals surface area contributed by atoms with E-state index >= 15 is 0 Å². The van der Waals surface area contributed by atoms with E-state index in [1.807, 2.05) is 30.3 Å². The molecule has 0 unspecified atom stereocenters. The summed E-state index contributed by atoms with van der Waals surface area (Å²) in [6.45, 7) is 0.430. The number of ether oxygens (including phenoxy) is 1. The zero-order chi connectivity index (χ0) is 16.7. The third kappa shape index (κ3) is 5.88. The SMILES string of the molecule is O=C(CCCOc1ccccc1)Nc1ccc(S(=O)(=O)Cl)nc1. The van der Waals surface area contributed by atoms with Crippen LogP contribution < -0.4 is 10.1 Å². The Kier molecular flexibility index (Phi) is 5.95. The molecule has 1 amide bonds. The van der Waals surface area contributed by atoms with Crippen LogP contribution in [0.25, 0.3) is 0 Å². The van der Waals surface area contributed by atoms with Crippen LogP contribution in [0, 0.1) is 0 Å². The van der Waals surface area contributed by atoms with Crippen LogP contribution in [0.3, 0.4) is 0 Å². The molecule has 0 saturated carbocycles. The highest BCUT2D eigenvalue weighted by molar-refractivity contribution is 8.13. The number of halogens is 1. The minimum absolute atomic E-state index is 0.204. The Morgan fingerprint density at radius 2 is 1.91 bits per heavy atom. The van der Waals surface area contributed by atoms with Crippen LogP contribution in [0.2, 0.25) is 0 Å². The molecule has 0 bridgehead atoms. The summed E-state index contributed by atoms with van der Waals surface area (Å²) in [4.78, 5) is 15.4. The van der Waals surface area contributed by atoms with Gasteiger partial charge in [-0.2, -0.15) is 0 Å². The summed E-state index contributed by atoms with van der Waals surface area (Å²) in [5, 5.41) is 2.37. The average molecular weight is 355 g/mol. The Hall–Kier alpha value is -2.12.